The molecule has 0 aliphatic rings. The summed E-state index contributed by atoms with van der Waals surface area (Å²) in [5, 5.41) is 11.7. The van der Waals surface area contributed by atoms with Crippen LogP contribution in [-0.2, 0) is 12.5 Å². The van der Waals surface area contributed by atoms with Gasteiger partial charge in [-0.15, -0.1) is 0 Å². The summed E-state index contributed by atoms with van der Waals surface area (Å²) >= 11 is 5.88. The molecule has 6 heteroatoms. The van der Waals surface area contributed by atoms with E-state index in [1.54, 1.807) is 0 Å². The maximum absolute atomic E-state index is 9.53. The number of aromatic nitrogens is 4. The molecule has 0 aliphatic heterocycles. The summed E-state index contributed by atoms with van der Waals surface area (Å²) in [6.07, 6.45) is 3.80. The summed E-state index contributed by atoms with van der Waals surface area (Å²) in [7, 11) is 1.97. The number of imidazole rings is 1. The standard InChI is InChI=1S/C30H23N5S/c1-30(2,18-31)22-9-11-23(12-10-22)35-28-24-15-19(21-14-20-6-4-5-7-25(20)32-16-21)8-13-26(24)33-17-27(28)34(3)29(35)36/h4-17H,1-3H3. The molecule has 6 rings (SSSR count). The number of hydrogen-bond donors (Lipinski definition) is 0. The van der Waals surface area contributed by atoms with E-state index in [1.807, 2.05) is 80.3 Å². The molecule has 5 nitrogen and oxygen atoms in total. The molecule has 6 aromatic rings. The Hall–Kier alpha value is -4.34. The maximum atomic E-state index is 9.53. The van der Waals surface area contributed by atoms with Crippen molar-refractivity contribution in [3.8, 4) is 22.9 Å². The lowest BCUT2D eigenvalue weighted by Gasteiger charge is -2.16. The highest BCUT2D eigenvalue weighted by atomic mass is 32.1. The van der Waals surface area contributed by atoms with Gasteiger partial charge in [-0.2, -0.15) is 5.26 Å². The van der Waals surface area contributed by atoms with Crippen LogP contribution in [-0.4, -0.2) is 19.1 Å². The van der Waals surface area contributed by atoms with Crippen LogP contribution in [0, 0.1) is 16.1 Å². The highest BCUT2D eigenvalue weighted by Gasteiger charge is 2.20. The molecule has 3 heterocycles. The van der Waals surface area contributed by atoms with Crippen molar-refractivity contribution in [2.45, 2.75) is 19.3 Å². The Morgan fingerprint density at radius 1 is 0.861 bits per heavy atom. The first-order valence-corrected chi connectivity index (χ1v) is 12.2. The van der Waals surface area contributed by atoms with Gasteiger partial charge >= 0.3 is 0 Å². The summed E-state index contributed by atoms with van der Waals surface area (Å²) < 4.78 is 4.78. The Bertz CT molecular complexity index is 1900. The molecule has 174 valence electrons. The van der Waals surface area contributed by atoms with E-state index in [4.69, 9.17) is 17.2 Å². The van der Waals surface area contributed by atoms with E-state index in [-0.39, 0.29) is 0 Å². The molecule has 3 aromatic carbocycles. The quantitative estimate of drug-likeness (QED) is 0.248. The van der Waals surface area contributed by atoms with E-state index >= 15 is 0 Å². The first-order chi connectivity index (χ1) is 17.4. The Labute approximate surface area is 213 Å². The minimum atomic E-state index is -0.557. The van der Waals surface area contributed by atoms with Crippen LogP contribution in [0.3, 0.4) is 0 Å². The van der Waals surface area contributed by atoms with Gasteiger partial charge < -0.3 is 4.57 Å². The van der Waals surface area contributed by atoms with Gasteiger partial charge in [-0.05, 0) is 73.6 Å². The molecule has 36 heavy (non-hydrogen) atoms. The molecule has 0 aliphatic carbocycles. The Kier molecular flexibility index (Phi) is 4.99. The van der Waals surface area contributed by atoms with Crippen LogP contribution in [0.1, 0.15) is 19.4 Å². The van der Waals surface area contributed by atoms with Crippen LogP contribution >= 0.6 is 12.2 Å². The molecule has 3 aromatic heterocycles. The Balaban J connectivity index is 1.59. The van der Waals surface area contributed by atoms with Crippen molar-refractivity contribution >= 4 is 45.1 Å². The van der Waals surface area contributed by atoms with Crippen molar-refractivity contribution < 1.29 is 0 Å². The second kappa shape index (κ2) is 8.11. The minimum Gasteiger partial charge on any atom is -0.318 e. The van der Waals surface area contributed by atoms with Gasteiger partial charge in [-0.1, -0.05) is 36.4 Å². The lowest BCUT2D eigenvalue weighted by molar-refractivity contribution is 0.686. The smallest absolute Gasteiger partial charge is 0.185 e. The van der Waals surface area contributed by atoms with Gasteiger partial charge in [0.1, 0.15) is 0 Å². The highest BCUT2D eigenvalue weighted by Crippen LogP contribution is 2.33. The number of rotatable bonds is 3. The van der Waals surface area contributed by atoms with Crippen molar-refractivity contribution in [2.75, 3.05) is 0 Å². The van der Waals surface area contributed by atoms with Crippen LogP contribution in [0.25, 0.3) is 49.7 Å². The van der Waals surface area contributed by atoms with Crippen molar-refractivity contribution in [3.63, 3.8) is 0 Å². The molecular weight excluding hydrogens is 462 g/mol. The summed E-state index contributed by atoms with van der Waals surface area (Å²) in [6.45, 7) is 3.85. The summed E-state index contributed by atoms with van der Waals surface area (Å²) in [6, 6.07) is 27.1. The second-order valence-electron chi connectivity index (χ2n) is 9.60. The highest BCUT2D eigenvalue weighted by molar-refractivity contribution is 7.71. The topological polar surface area (TPSA) is 59.4 Å². The zero-order valence-corrected chi connectivity index (χ0v) is 21.0. The number of nitrogens with zero attached hydrogens (tertiary/aromatic N) is 5. The number of aryl methyl sites for hydroxylation is 1. The third-order valence-electron chi connectivity index (χ3n) is 6.93. The first-order valence-electron chi connectivity index (χ1n) is 11.7. The molecule has 0 saturated carbocycles. The van der Waals surface area contributed by atoms with Crippen LogP contribution in [0.4, 0.5) is 0 Å². The largest absolute Gasteiger partial charge is 0.318 e. The molecule has 0 N–H and O–H groups in total. The van der Waals surface area contributed by atoms with Crippen LogP contribution < -0.4 is 0 Å². The third-order valence-corrected chi connectivity index (χ3v) is 7.39. The molecule has 0 spiro atoms. The molecule has 0 saturated heterocycles. The number of para-hydroxylation sites is 1. The Morgan fingerprint density at radius 3 is 2.39 bits per heavy atom. The number of hydrogen-bond acceptors (Lipinski definition) is 4. The molecule has 0 amide bonds. The van der Waals surface area contributed by atoms with Crippen molar-refractivity contribution in [1.29, 1.82) is 5.26 Å². The number of benzene rings is 3. The number of fused-ring (bicyclic) bond motifs is 4. The molecule has 0 fully saturated rings. The fourth-order valence-electron chi connectivity index (χ4n) is 4.74. The lowest BCUT2D eigenvalue weighted by atomic mass is 9.86. The van der Waals surface area contributed by atoms with Crippen LogP contribution in [0.2, 0.25) is 0 Å². The van der Waals surface area contributed by atoms with E-state index in [1.165, 1.54) is 0 Å². The number of nitriles is 1. The van der Waals surface area contributed by atoms with Gasteiger partial charge in [0.05, 0.1) is 39.7 Å². The SMILES string of the molecule is Cn1c(=S)n(-c2ccc(C(C)(C)C#N)cc2)c2c3cc(-c4cnc5ccccc5c4)ccc3ncc21. The zero-order valence-electron chi connectivity index (χ0n) is 20.2. The second-order valence-corrected chi connectivity index (χ2v) is 9.97. The summed E-state index contributed by atoms with van der Waals surface area (Å²) in [5.41, 5.74) is 7.34. The fraction of sp³-hybridized carbons (Fsp3) is 0.133. The molecular formula is C30H23N5S. The van der Waals surface area contributed by atoms with E-state index in [0.29, 0.717) is 4.77 Å². The van der Waals surface area contributed by atoms with E-state index < -0.39 is 5.41 Å². The van der Waals surface area contributed by atoms with Gasteiger partial charge in [0.25, 0.3) is 0 Å². The monoisotopic (exact) mass is 485 g/mol. The van der Waals surface area contributed by atoms with Crippen molar-refractivity contribution in [3.05, 3.63) is 95.5 Å². The first kappa shape index (κ1) is 22.1. The van der Waals surface area contributed by atoms with E-state index in [9.17, 15) is 5.26 Å². The summed E-state index contributed by atoms with van der Waals surface area (Å²) in [5.74, 6) is 0. The van der Waals surface area contributed by atoms with Crippen molar-refractivity contribution in [2.24, 2.45) is 7.05 Å². The predicted molar refractivity (Wildman–Crippen MR) is 148 cm³/mol. The van der Waals surface area contributed by atoms with E-state index in [0.717, 1.165) is 55.2 Å². The normalized spacial score (nSPS) is 11.8. The molecule has 0 radical (unpaired) electrons. The molecule has 0 bridgehead atoms. The fourth-order valence-corrected chi connectivity index (χ4v) is 5.03. The average Bonchev–Trinajstić information content (AvgIpc) is 3.18. The average molecular weight is 486 g/mol. The Morgan fingerprint density at radius 2 is 1.61 bits per heavy atom. The third kappa shape index (κ3) is 3.40. The molecule has 0 atom stereocenters. The maximum Gasteiger partial charge on any atom is 0.185 e. The van der Waals surface area contributed by atoms with Gasteiger partial charge in [0.15, 0.2) is 4.77 Å². The zero-order chi connectivity index (χ0) is 25.0. The minimum absolute atomic E-state index is 0.557. The summed E-state index contributed by atoms with van der Waals surface area (Å²) in [4.78, 5) is 9.38. The van der Waals surface area contributed by atoms with Crippen LogP contribution in [0.15, 0.2) is 85.2 Å². The van der Waals surface area contributed by atoms with Gasteiger partial charge in [0.2, 0.25) is 0 Å². The molecule has 0 unspecified atom stereocenters. The van der Waals surface area contributed by atoms with Crippen LogP contribution in [0.5, 0.6) is 0 Å². The predicted octanol–water partition coefficient (Wildman–Crippen LogP) is 7.26. The van der Waals surface area contributed by atoms with E-state index in [2.05, 4.69) is 46.0 Å². The van der Waals surface area contributed by atoms with Gasteiger partial charge in [-0.25, -0.2) is 0 Å². The van der Waals surface area contributed by atoms with Gasteiger partial charge in [-0.3, -0.25) is 14.5 Å². The number of pyridine rings is 2. The lowest BCUT2D eigenvalue weighted by Crippen LogP contribution is -2.13. The van der Waals surface area contributed by atoms with Gasteiger partial charge in [0, 0.05) is 35.3 Å². The van der Waals surface area contributed by atoms with Crippen molar-refractivity contribution in [1.82, 2.24) is 19.1 Å².